The fourth-order valence-electron chi connectivity index (χ4n) is 2.51. The summed E-state index contributed by atoms with van der Waals surface area (Å²) in [7, 11) is 1.32. The van der Waals surface area contributed by atoms with Gasteiger partial charge in [-0.3, -0.25) is 9.69 Å². The Kier molecular flexibility index (Phi) is 6.73. The molecule has 6 heteroatoms. The zero-order valence-electron chi connectivity index (χ0n) is 15.0. The summed E-state index contributed by atoms with van der Waals surface area (Å²) in [5.74, 6) is -0.699. The van der Waals surface area contributed by atoms with Gasteiger partial charge in [0.25, 0.3) is 5.91 Å². The zero-order valence-corrected chi connectivity index (χ0v) is 15.9. The Labute approximate surface area is 152 Å². The van der Waals surface area contributed by atoms with Crippen molar-refractivity contribution in [3.8, 4) is 0 Å². The monoisotopic (exact) mass is 360 g/mol. The number of thiophene rings is 1. The molecule has 0 saturated heterocycles. The number of nitrogens with zero attached hydrogens (tertiary/aromatic N) is 1. The number of hydrogen-bond donors (Lipinski definition) is 1. The minimum Gasteiger partial charge on any atom is -0.465 e. The van der Waals surface area contributed by atoms with Gasteiger partial charge in [-0.15, -0.1) is 11.3 Å². The van der Waals surface area contributed by atoms with Crippen molar-refractivity contribution < 1.29 is 14.3 Å². The van der Waals surface area contributed by atoms with Crippen LogP contribution >= 0.6 is 11.3 Å². The molecule has 1 N–H and O–H groups in total. The molecule has 2 aromatic rings. The fourth-order valence-corrected chi connectivity index (χ4v) is 3.28. The van der Waals surface area contributed by atoms with Gasteiger partial charge in [0.1, 0.15) is 5.00 Å². The Morgan fingerprint density at radius 3 is 2.44 bits per heavy atom. The third-order valence-electron chi connectivity index (χ3n) is 4.04. The number of ether oxygens (including phenoxy) is 1. The van der Waals surface area contributed by atoms with Gasteiger partial charge in [0.15, 0.2) is 0 Å². The molecule has 1 aromatic carbocycles. The molecule has 0 aliphatic carbocycles. The molecule has 0 saturated carbocycles. The maximum atomic E-state index is 12.4. The van der Waals surface area contributed by atoms with Crippen LogP contribution in [0.25, 0.3) is 0 Å². The average Bonchev–Trinajstić information content (AvgIpc) is 3.07. The molecular formula is C19H24N2O3S. The molecule has 1 amide bonds. The highest BCUT2D eigenvalue weighted by atomic mass is 32.1. The van der Waals surface area contributed by atoms with Crippen molar-refractivity contribution in [2.24, 2.45) is 0 Å². The van der Waals surface area contributed by atoms with Crippen molar-refractivity contribution in [2.75, 3.05) is 19.0 Å². The summed E-state index contributed by atoms with van der Waals surface area (Å²) in [6.07, 6.45) is 0. The molecule has 0 atom stereocenters. The maximum Gasteiger partial charge on any atom is 0.340 e. The van der Waals surface area contributed by atoms with Crippen LogP contribution in [0, 0.1) is 0 Å². The van der Waals surface area contributed by atoms with E-state index in [2.05, 4.69) is 31.0 Å². The molecule has 0 unspecified atom stereocenters. The third-order valence-corrected chi connectivity index (χ3v) is 4.87. The number of methoxy groups -OCH3 is 1. The second-order valence-corrected chi connectivity index (χ2v) is 6.88. The number of carbonyl (C=O) groups is 2. The lowest BCUT2D eigenvalue weighted by Gasteiger charge is -2.24. The van der Waals surface area contributed by atoms with Gasteiger partial charge >= 0.3 is 5.97 Å². The Morgan fingerprint density at radius 1 is 1.20 bits per heavy atom. The molecule has 134 valence electrons. The van der Waals surface area contributed by atoms with Crippen LogP contribution in [0.3, 0.4) is 0 Å². The van der Waals surface area contributed by atoms with Gasteiger partial charge in [-0.05, 0) is 49.5 Å². The first-order valence-corrected chi connectivity index (χ1v) is 9.14. The molecule has 2 rings (SSSR count). The smallest absolute Gasteiger partial charge is 0.340 e. The normalized spacial score (nSPS) is 11.0. The van der Waals surface area contributed by atoms with E-state index in [0.717, 1.165) is 13.1 Å². The summed E-state index contributed by atoms with van der Waals surface area (Å²) < 4.78 is 4.72. The number of carbonyl (C=O) groups excluding carboxylic acids is 2. The second kappa shape index (κ2) is 8.78. The van der Waals surface area contributed by atoms with E-state index in [9.17, 15) is 9.59 Å². The number of rotatable bonds is 7. The highest BCUT2D eigenvalue weighted by Gasteiger charge is 2.16. The number of amides is 1. The molecule has 0 aliphatic rings. The number of anilines is 1. The highest BCUT2D eigenvalue weighted by Crippen LogP contribution is 2.24. The topological polar surface area (TPSA) is 58.6 Å². The number of esters is 1. The van der Waals surface area contributed by atoms with E-state index in [1.54, 1.807) is 11.4 Å². The number of benzene rings is 1. The number of hydrogen-bond acceptors (Lipinski definition) is 5. The third kappa shape index (κ3) is 4.90. The molecule has 1 aromatic heterocycles. The first-order chi connectivity index (χ1) is 12.0. The summed E-state index contributed by atoms with van der Waals surface area (Å²) in [5.41, 5.74) is 2.09. The molecule has 0 bridgehead atoms. The van der Waals surface area contributed by atoms with Crippen LogP contribution in [0.15, 0.2) is 35.7 Å². The maximum absolute atomic E-state index is 12.4. The van der Waals surface area contributed by atoms with Crippen LogP contribution < -0.4 is 5.32 Å². The summed E-state index contributed by atoms with van der Waals surface area (Å²) in [5, 5.41) is 5.02. The summed E-state index contributed by atoms with van der Waals surface area (Å²) in [4.78, 5) is 26.4. The van der Waals surface area contributed by atoms with E-state index in [1.807, 2.05) is 24.3 Å². The number of nitrogens with one attached hydrogen (secondary N) is 1. The lowest BCUT2D eigenvalue weighted by molar-refractivity contribution is 0.0602. The standard InChI is InChI=1S/C19H24N2O3S/c1-5-21(13(2)3)12-14-6-8-15(9-7-14)17(22)20-18-16(10-11-25-18)19(23)24-4/h6-11,13H,5,12H2,1-4H3,(H,20,22). The zero-order chi connectivity index (χ0) is 18.4. The van der Waals surface area contributed by atoms with Gasteiger partial charge in [0.05, 0.1) is 12.7 Å². The quantitative estimate of drug-likeness (QED) is 0.758. The summed E-state index contributed by atoms with van der Waals surface area (Å²) in [6, 6.07) is 9.67. The van der Waals surface area contributed by atoms with Gasteiger partial charge in [-0.2, -0.15) is 0 Å². The van der Waals surface area contributed by atoms with Crippen molar-refractivity contribution in [3.05, 3.63) is 52.4 Å². The molecule has 0 spiro atoms. The molecule has 0 fully saturated rings. The Balaban J connectivity index is 2.06. The van der Waals surface area contributed by atoms with Crippen LogP contribution in [0.1, 0.15) is 47.1 Å². The first kappa shape index (κ1) is 19.1. The van der Waals surface area contributed by atoms with Crippen LogP contribution in [0.4, 0.5) is 5.00 Å². The van der Waals surface area contributed by atoms with E-state index in [4.69, 9.17) is 4.74 Å². The van der Waals surface area contributed by atoms with Gasteiger partial charge in [-0.1, -0.05) is 19.1 Å². The Hall–Kier alpha value is -2.18. The largest absolute Gasteiger partial charge is 0.465 e. The Morgan fingerprint density at radius 2 is 1.88 bits per heavy atom. The summed E-state index contributed by atoms with van der Waals surface area (Å²) >= 11 is 1.29. The lowest BCUT2D eigenvalue weighted by atomic mass is 10.1. The fraction of sp³-hybridized carbons (Fsp3) is 0.368. The molecule has 1 heterocycles. The second-order valence-electron chi connectivity index (χ2n) is 5.96. The Bertz CT molecular complexity index is 723. The minimum atomic E-state index is -0.458. The minimum absolute atomic E-state index is 0.240. The molecule has 25 heavy (non-hydrogen) atoms. The van der Waals surface area contributed by atoms with Crippen LogP contribution in [-0.4, -0.2) is 36.5 Å². The van der Waals surface area contributed by atoms with E-state index in [0.29, 0.717) is 22.2 Å². The van der Waals surface area contributed by atoms with E-state index < -0.39 is 5.97 Å². The molecular weight excluding hydrogens is 336 g/mol. The van der Waals surface area contributed by atoms with E-state index in [-0.39, 0.29) is 5.91 Å². The van der Waals surface area contributed by atoms with Crippen LogP contribution in [0.5, 0.6) is 0 Å². The predicted octanol–water partition coefficient (Wildman–Crippen LogP) is 4.02. The highest BCUT2D eigenvalue weighted by molar-refractivity contribution is 7.14. The van der Waals surface area contributed by atoms with Gasteiger partial charge < -0.3 is 10.1 Å². The molecule has 0 aliphatic heterocycles. The van der Waals surface area contributed by atoms with Crippen molar-refractivity contribution in [3.63, 3.8) is 0 Å². The lowest BCUT2D eigenvalue weighted by Crippen LogP contribution is -2.29. The van der Waals surface area contributed by atoms with Crippen molar-refractivity contribution in [1.82, 2.24) is 4.90 Å². The summed E-state index contributed by atoms with van der Waals surface area (Å²) in [6.45, 7) is 8.32. The van der Waals surface area contributed by atoms with E-state index in [1.165, 1.54) is 24.0 Å². The van der Waals surface area contributed by atoms with Crippen LogP contribution in [0.2, 0.25) is 0 Å². The van der Waals surface area contributed by atoms with E-state index >= 15 is 0 Å². The molecule has 0 radical (unpaired) electrons. The van der Waals surface area contributed by atoms with Crippen molar-refractivity contribution in [2.45, 2.75) is 33.4 Å². The van der Waals surface area contributed by atoms with Crippen molar-refractivity contribution >= 4 is 28.2 Å². The van der Waals surface area contributed by atoms with Gasteiger partial charge in [-0.25, -0.2) is 4.79 Å². The van der Waals surface area contributed by atoms with Crippen molar-refractivity contribution in [1.29, 1.82) is 0 Å². The van der Waals surface area contributed by atoms with Crippen LogP contribution in [-0.2, 0) is 11.3 Å². The average molecular weight is 360 g/mol. The first-order valence-electron chi connectivity index (χ1n) is 8.26. The van der Waals surface area contributed by atoms with Gasteiger partial charge in [0.2, 0.25) is 0 Å². The van der Waals surface area contributed by atoms with Gasteiger partial charge in [0, 0.05) is 18.2 Å². The predicted molar refractivity (Wildman–Crippen MR) is 101 cm³/mol. The SMILES string of the molecule is CCN(Cc1ccc(C(=O)Nc2sccc2C(=O)OC)cc1)C(C)C. The molecule has 5 nitrogen and oxygen atoms in total.